The van der Waals surface area contributed by atoms with Crippen molar-refractivity contribution in [3.8, 4) is 5.88 Å². The first-order valence-corrected chi connectivity index (χ1v) is 12.0. The zero-order chi connectivity index (χ0) is 22.6. The number of anilines is 2. The molecule has 5 rings (SSSR count). The molecule has 2 saturated heterocycles. The number of carbonyl (C=O) groups excluding carboxylic acids is 1. The molecule has 0 aromatic carbocycles. The van der Waals surface area contributed by atoms with E-state index in [4.69, 9.17) is 14.5 Å². The average Bonchev–Trinajstić information content (AvgIpc) is 3.37. The van der Waals surface area contributed by atoms with E-state index in [2.05, 4.69) is 19.8 Å². The van der Waals surface area contributed by atoms with Gasteiger partial charge in [-0.25, -0.2) is 9.97 Å². The molecule has 4 heterocycles. The van der Waals surface area contributed by atoms with Crippen LogP contribution >= 0.6 is 0 Å². The quantitative estimate of drug-likeness (QED) is 0.683. The summed E-state index contributed by atoms with van der Waals surface area (Å²) in [4.78, 5) is 33.1. The number of aryl methyl sites for hydroxylation is 1. The van der Waals surface area contributed by atoms with Gasteiger partial charge in [0.25, 0.3) is 5.91 Å². The third-order valence-electron chi connectivity index (χ3n) is 6.59. The van der Waals surface area contributed by atoms with Gasteiger partial charge in [0, 0.05) is 63.3 Å². The molecule has 0 N–H and O–H groups in total. The molecule has 33 heavy (non-hydrogen) atoms. The summed E-state index contributed by atoms with van der Waals surface area (Å²) >= 11 is 0. The van der Waals surface area contributed by atoms with E-state index in [1.54, 1.807) is 6.20 Å². The summed E-state index contributed by atoms with van der Waals surface area (Å²) in [6.45, 7) is 7.80. The van der Waals surface area contributed by atoms with Crippen molar-refractivity contribution in [3.63, 3.8) is 0 Å². The summed E-state index contributed by atoms with van der Waals surface area (Å²) in [7, 11) is 0. The van der Waals surface area contributed by atoms with Gasteiger partial charge in [-0.3, -0.25) is 4.79 Å². The van der Waals surface area contributed by atoms with Crippen molar-refractivity contribution in [3.05, 3.63) is 35.7 Å². The van der Waals surface area contributed by atoms with Crippen molar-refractivity contribution in [2.75, 3.05) is 62.3 Å². The molecule has 9 heteroatoms. The Morgan fingerprint density at radius 2 is 1.76 bits per heavy atom. The summed E-state index contributed by atoms with van der Waals surface area (Å²) in [6.07, 6.45) is 6.52. The first kappa shape index (κ1) is 21.9. The number of amides is 1. The normalized spacial score (nSPS) is 19.7. The van der Waals surface area contributed by atoms with Gasteiger partial charge < -0.3 is 24.2 Å². The van der Waals surface area contributed by atoms with Gasteiger partial charge in [-0.15, -0.1) is 0 Å². The fraction of sp³-hybridized carbons (Fsp3) is 0.583. The van der Waals surface area contributed by atoms with Gasteiger partial charge in [0.2, 0.25) is 11.8 Å². The SMILES string of the molecule is Cc1cc(N2CCN(C(=O)c3ccc(OC4CCCC4)nc3)CC2)nc(N2CCOCC2)n1. The second-order valence-electron chi connectivity index (χ2n) is 8.96. The predicted octanol–water partition coefficient (Wildman–Crippen LogP) is 2.30. The van der Waals surface area contributed by atoms with E-state index < -0.39 is 0 Å². The maximum Gasteiger partial charge on any atom is 0.255 e. The summed E-state index contributed by atoms with van der Waals surface area (Å²) in [6, 6.07) is 5.67. The molecular formula is C24H32N6O3. The van der Waals surface area contributed by atoms with E-state index in [0.29, 0.717) is 37.7 Å². The Bertz CT molecular complexity index is 949. The van der Waals surface area contributed by atoms with Crippen LogP contribution in [0.5, 0.6) is 5.88 Å². The number of morpholine rings is 1. The summed E-state index contributed by atoms with van der Waals surface area (Å²) in [5.74, 6) is 2.31. The largest absolute Gasteiger partial charge is 0.474 e. The molecule has 0 radical (unpaired) electrons. The van der Waals surface area contributed by atoms with E-state index in [1.165, 1.54) is 12.8 Å². The minimum Gasteiger partial charge on any atom is -0.474 e. The molecule has 9 nitrogen and oxygen atoms in total. The number of ether oxygens (including phenoxy) is 2. The van der Waals surface area contributed by atoms with E-state index >= 15 is 0 Å². The zero-order valence-electron chi connectivity index (χ0n) is 19.3. The molecule has 1 amide bonds. The first-order valence-electron chi connectivity index (χ1n) is 12.0. The Morgan fingerprint density at radius 1 is 1.00 bits per heavy atom. The molecule has 0 bridgehead atoms. The number of rotatable bonds is 5. The lowest BCUT2D eigenvalue weighted by Gasteiger charge is -2.36. The highest BCUT2D eigenvalue weighted by Gasteiger charge is 2.25. The van der Waals surface area contributed by atoms with Crippen LogP contribution in [0.1, 0.15) is 41.7 Å². The number of hydrogen-bond donors (Lipinski definition) is 0. The fourth-order valence-electron chi connectivity index (χ4n) is 4.68. The summed E-state index contributed by atoms with van der Waals surface area (Å²) in [5, 5.41) is 0. The molecule has 2 aromatic heterocycles. The topological polar surface area (TPSA) is 83.9 Å². The Hall–Kier alpha value is -2.94. The minimum atomic E-state index is 0.0161. The van der Waals surface area contributed by atoms with Gasteiger partial charge in [-0.1, -0.05) is 0 Å². The molecule has 0 unspecified atom stereocenters. The Kier molecular flexibility index (Phi) is 6.57. The summed E-state index contributed by atoms with van der Waals surface area (Å²) in [5.41, 5.74) is 1.56. The van der Waals surface area contributed by atoms with Crippen molar-refractivity contribution in [1.82, 2.24) is 19.9 Å². The monoisotopic (exact) mass is 452 g/mol. The Morgan fingerprint density at radius 3 is 2.45 bits per heavy atom. The van der Waals surface area contributed by atoms with E-state index in [0.717, 1.165) is 56.5 Å². The number of nitrogens with zero attached hydrogens (tertiary/aromatic N) is 6. The minimum absolute atomic E-state index is 0.0161. The highest BCUT2D eigenvalue weighted by molar-refractivity contribution is 5.94. The molecule has 2 aliphatic heterocycles. The molecule has 176 valence electrons. The zero-order valence-corrected chi connectivity index (χ0v) is 19.3. The van der Waals surface area contributed by atoms with Crippen LogP contribution in [0, 0.1) is 6.92 Å². The van der Waals surface area contributed by atoms with Gasteiger partial charge in [0.05, 0.1) is 18.8 Å². The standard InChI is InChI=1S/C24H32N6O3/c1-18-16-21(27-24(26-18)30-12-14-32-15-13-30)28-8-10-29(11-9-28)23(31)19-6-7-22(25-17-19)33-20-4-2-3-5-20/h6-7,16-17,20H,2-5,8-15H2,1H3. The number of aromatic nitrogens is 3. The van der Waals surface area contributed by atoms with Gasteiger partial charge in [-0.2, -0.15) is 4.98 Å². The molecule has 1 saturated carbocycles. The van der Waals surface area contributed by atoms with Crippen molar-refractivity contribution < 1.29 is 14.3 Å². The van der Waals surface area contributed by atoms with Crippen molar-refractivity contribution in [2.45, 2.75) is 38.7 Å². The molecule has 2 aromatic rings. The van der Waals surface area contributed by atoms with Crippen LogP contribution < -0.4 is 14.5 Å². The number of piperazine rings is 1. The van der Waals surface area contributed by atoms with Crippen LogP contribution in [0.3, 0.4) is 0 Å². The van der Waals surface area contributed by atoms with Gasteiger partial charge in [-0.05, 0) is 38.7 Å². The second-order valence-corrected chi connectivity index (χ2v) is 8.96. The molecule has 1 aliphatic carbocycles. The van der Waals surface area contributed by atoms with Crippen molar-refractivity contribution in [2.24, 2.45) is 0 Å². The van der Waals surface area contributed by atoms with Gasteiger partial charge in [0.15, 0.2) is 0 Å². The van der Waals surface area contributed by atoms with E-state index in [-0.39, 0.29) is 12.0 Å². The van der Waals surface area contributed by atoms with E-state index in [9.17, 15) is 4.79 Å². The lowest BCUT2D eigenvalue weighted by atomic mass is 10.2. The fourth-order valence-corrected chi connectivity index (χ4v) is 4.68. The first-order chi connectivity index (χ1) is 16.2. The van der Waals surface area contributed by atoms with Crippen LogP contribution in [0.15, 0.2) is 24.4 Å². The van der Waals surface area contributed by atoms with Gasteiger partial charge >= 0.3 is 0 Å². The van der Waals surface area contributed by atoms with Crippen molar-refractivity contribution in [1.29, 1.82) is 0 Å². The lowest BCUT2D eigenvalue weighted by Crippen LogP contribution is -2.49. The third kappa shape index (κ3) is 5.19. The molecule has 3 aliphatic rings. The Labute approximate surface area is 194 Å². The molecule has 0 atom stereocenters. The highest BCUT2D eigenvalue weighted by atomic mass is 16.5. The maximum absolute atomic E-state index is 13.0. The maximum atomic E-state index is 13.0. The van der Waals surface area contributed by atoms with Crippen LogP contribution in [0.2, 0.25) is 0 Å². The molecule has 3 fully saturated rings. The molecule has 0 spiro atoms. The molecular weight excluding hydrogens is 420 g/mol. The summed E-state index contributed by atoms with van der Waals surface area (Å²) < 4.78 is 11.4. The average molecular weight is 453 g/mol. The van der Waals surface area contributed by atoms with Gasteiger partial charge in [0.1, 0.15) is 11.9 Å². The van der Waals surface area contributed by atoms with Crippen LogP contribution in [-0.4, -0.2) is 84.3 Å². The van der Waals surface area contributed by atoms with Crippen LogP contribution in [0.4, 0.5) is 11.8 Å². The van der Waals surface area contributed by atoms with Crippen LogP contribution in [-0.2, 0) is 4.74 Å². The third-order valence-corrected chi connectivity index (χ3v) is 6.59. The number of hydrogen-bond acceptors (Lipinski definition) is 8. The number of carbonyl (C=O) groups is 1. The van der Waals surface area contributed by atoms with E-state index in [1.807, 2.05) is 30.0 Å². The van der Waals surface area contributed by atoms with Crippen molar-refractivity contribution >= 4 is 17.7 Å². The predicted molar refractivity (Wildman–Crippen MR) is 125 cm³/mol. The van der Waals surface area contributed by atoms with Crippen LogP contribution in [0.25, 0.3) is 0 Å². The number of pyridine rings is 1. The second kappa shape index (κ2) is 9.91. The highest BCUT2D eigenvalue weighted by Crippen LogP contribution is 2.24. The Balaban J connectivity index is 1.18. The lowest BCUT2D eigenvalue weighted by molar-refractivity contribution is 0.0746. The smallest absolute Gasteiger partial charge is 0.255 e.